The van der Waals surface area contributed by atoms with Gasteiger partial charge in [0.05, 0.1) is 4.90 Å². The van der Waals surface area contributed by atoms with Crippen molar-refractivity contribution in [3.05, 3.63) is 29.8 Å². The molecule has 1 N–H and O–H groups in total. The van der Waals surface area contributed by atoms with Gasteiger partial charge in [0.1, 0.15) is 0 Å². The van der Waals surface area contributed by atoms with E-state index < -0.39 is 10.0 Å². The van der Waals surface area contributed by atoms with Crippen molar-refractivity contribution >= 4 is 15.9 Å². The summed E-state index contributed by atoms with van der Waals surface area (Å²) >= 11 is 0. The van der Waals surface area contributed by atoms with E-state index in [1.807, 2.05) is 20.8 Å². The first-order valence-electron chi connectivity index (χ1n) is 7.85. The lowest BCUT2D eigenvalue weighted by atomic mass is 10.1. The fourth-order valence-corrected chi connectivity index (χ4v) is 3.96. The SMILES string of the molecule is CC(C)N(C)S(=O)(=O)c1cccc(C(=O)N2CCNC[C@@H]2C)c1. The monoisotopic (exact) mass is 339 g/mol. The van der Waals surface area contributed by atoms with E-state index in [9.17, 15) is 13.2 Å². The third-order valence-corrected chi connectivity index (χ3v) is 6.28. The Kier molecular flexibility index (Phi) is 5.44. The number of rotatable bonds is 4. The average Bonchev–Trinajstić information content (AvgIpc) is 2.54. The second-order valence-corrected chi connectivity index (χ2v) is 8.19. The molecular weight excluding hydrogens is 314 g/mol. The number of benzene rings is 1. The van der Waals surface area contributed by atoms with Crippen LogP contribution >= 0.6 is 0 Å². The van der Waals surface area contributed by atoms with Crippen LogP contribution in [0.2, 0.25) is 0 Å². The van der Waals surface area contributed by atoms with E-state index in [-0.39, 0.29) is 22.9 Å². The first kappa shape index (κ1) is 17.9. The number of amides is 1. The van der Waals surface area contributed by atoms with Crippen molar-refractivity contribution in [2.24, 2.45) is 0 Å². The molecule has 1 aromatic carbocycles. The topological polar surface area (TPSA) is 69.7 Å². The van der Waals surface area contributed by atoms with Crippen molar-refractivity contribution in [1.29, 1.82) is 0 Å². The Hall–Kier alpha value is -1.44. The number of sulfonamides is 1. The van der Waals surface area contributed by atoms with E-state index >= 15 is 0 Å². The lowest BCUT2D eigenvalue weighted by molar-refractivity contribution is 0.0655. The Balaban J connectivity index is 2.31. The summed E-state index contributed by atoms with van der Waals surface area (Å²) in [6.07, 6.45) is 0. The zero-order chi connectivity index (χ0) is 17.2. The number of carbonyl (C=O) groups excluding carboxylic acids is 1. The third-order valence-electron chi connectivity index (χ3n) is 4.25. The van der Waals surface area contributed by atoms with E-state index in [0.29, 0.717) is 12.1 Å². The van der Waals surface area contributed by atoms with Crippen molar-refractivity contribution in [2.45, 2.75) is 37.8 Å². The zero-order valence-corrected chi connectivity index (χ0v) is 14.9. The third kappa shape index (κ3) is 3.73. The molecule has 1 amide bonds. The highest BCUT2D eigenvalue weighted by Crippen LogP contribution is 2.19. The summed E-state index contributed by atoms with van der Waals surface area (Å²) < 4.78 is 26.5. The van der Waals surface area contributed by atoms with Crippen molar-refractivity contribution in [1.82, 2.24) is 14.5 Å². The average molecular weight is 339 g/mol. The number of hydrogen-bond donors (Lipinski definition) is 1. The van der Waals surface area contributed by atoms with Gasteiger partial charge in [0.15, 0.2) is 0 Å². The standard InChI is InChI=1S/C16H25N3O3S/c1-12(2)18(4)23(21,22)15-7-5-6-14(10-15)16(20)19-9-8-17-11-13(19)3/h5-7,10,12-13,17H,8-9,11H2,1-4H3/t13-/m0/s1. The van der Waals surface area contributed by atoms with Crippen LogP contribution in [-0.4, -0.2) is 62.3 Å². The van der Waals surface area contributed by atoms with E-state index in [2.05, 4.69) is 5.32 Å². The molecule has 0 unspecified atom stereocenters. The first-order valence-corrected chi connectivity index (χ1v) is 9.29. The highest BCUT2D eigenvalue weighted by Gasteiger charge is 2.27. The highest BCUT2D eigenvalue weighted by molar-refractivity contribution is 7.89. The van der Waals surface area contributed by atoms with Gasteiger partial charge in [-0.15, -0.1) is 0 Å². The lowest BCUT2D eigenvalue weighted by Gasteiger charge is -2.34. The van der Waals surface area contributed by atoms with Crippen LogP contribution in [0.4, 0.5) is 0 Å². The molecule has 7 heteroatoms. The maximum absolute atomic E-state index is 12.7. The van der Waals surface area contributed by atoms with Crippen LogP contribution in [0, 0.1) is 0 Å². The molecule has 1 heterocycles. The molecule has 23 heavy (non-hydrogen) atoms. The molecule has 6 nitrogen and oxygen atoms in total. The van der Waals surface area contributed by atoms with Gasteiger partial charge in [0.2, 0.25) is 10.0 Å². The highest BCUT2D eigenvalue weighted by atomic mass is 32.2. The predicted molar refractivity (Wildman–Crippen MR) is 89.9 cm³/mol. The lowest BCUT2D eigenvalue weighted by Crippen LogP contribution is -2.52. The van der Waals surface area contributed by atoms with Crippen molar-refractivity contribution in [3.63, 3.8) is 0 Å². The quantitative estimate of drug-likeness (QED) is 0.893. The Morgan fingerprint density at radius 2 is 2.09 bits per heavy atom. The summed E-state index contributed by atoms with van der Waals surface area (Å²) in [4.78, 5) is 14.6. The van der Waals surface area contributed by atoms with E-state index in [4.69, 9.17) is 0 Å². The Bertz CT molecular complexity index is 673. The van der Waals surface area contributed by atoms with Gasteiger partial charge in [-0.25, -0.2) is 8.42 Å². The van der Waals surface area contributed by atoms with Gasteiger partial charge in [0.25, 0.3) is 5.91 Å². The Morgan fingerprint density at radius 3 is 2.70 bits per heavy atom. The molecule has 1 aliphatic rings. The van der Waals surface area contributed by atoms with Crippen LogP contribution in [0.15, 0.2) is 29.2 Å². The van der Waals surface area contributed by atoms with Gasteiger partial charge < -0.3 is 10.2 Å². The molecule has 128 valence electrons. The van der Waals surface area contributed by atoms with Crippen molar-refractivity contribution in [3.8, 4) is 0 Å². The number of nitrogens with one attached hydrogen (secondary N) is 1. The van der Waals surface area contributed by atoms with Crippen LogP contribution in [0.25, 0.3) is 0 Å². The minimum Gasteiger partial charge on any atom is -0.333 e. The van der Waals surface area contributed by atoms with Gasteiger partial charge in [-0.1, -0.05) is 6.07 Å². The van der Waals surface area contributed by atoms with Crippen LogP contribution < -0.4 is 5.32 Å². The summed E-state index contributed by atoms with van der Waals surface area (Å²) in [5, 5.41) is 3.24. The summed E-state index contributed by atoms with van der Waals surface area (Å²) in [6, 6.07) is 6.26. The maximum Gasteiger partial charge on any atom is 0.254 e. The van der Waals surface area contributed by atoms with Gasteiger partial charge in [-0.3, -0.25) is 4.79 Å². The Morgan fingerprint density at radius 1 is 1.39 bits per heavy atom. The van der Waals surface area contributed by atoms with Crippen LogP contribution in [0.1, 0.15) is 31.1 Å². The van der Waals surface area contributed by atoms with Crippen LogP contribution in [0.3, 0.4) is 0 Å². The van der Waals surface area contributed by atoms with Crippen molar-refractivity contribution < 1.29 is 13.2 Å². The molecule has 0 aromatic heterocycles. The Labute approximate surface area is 138 Å². The molecule has 1 aliphatic heterocycles. The zero-order valence-electron chi connectivity index (χ0n) is 14.1. The smallest absolute Gasteiger partial charge is 0.254 e. The molecule has 1 atom stereocenters. The minimum atomic E-state index is -3.59. The number of nitrogens with zero attached hydrogens (tertiary/aromatic N) is 2. The van der Waals surface area contributed by atoms with Gasteiger partial charge in [-0.2, -0.15) is 4.31 Å². The van der Waals surface area contributed by atoms with Gasteiger partial charge in [0, 0.05) is 44.3 Å². The number of hydrogen-bond acceptors (Lipinski definition) is 4. The van der Waals surface area contributed by atoms with Crippen LogP contribution in [-0.2, 0) is 10.0 Å². The van der Waals surface area contributed by atoms with Gasteiger partial charge in [-0.05, 0) is 39.0 Å². The van der Waals surface area contributed by atoms with Gasteiger partial charge >= 0.3 is 0 Å². The first-order chi connectivity index (χ1) is 10.7. The maximum atomic E-state index is 12.7. The molecule has 0 bridgehead atoms. The summed E-state index contributed by atoms with van der Waals surface area (Å²) in [5.41, 5.74) is 0.414. The molecule has 2 rings (SSSR count). The fourth-order valence-electron chi connectivity index (χ4n) is 2.54. The summed E-state index contributed by atoms with van der Waals surface area (Å²) in [5.74, 6) is -0.122. The van der Waals surface area contributed by atoms with Crippen LogP contribution in [0.5, 0.6) is 0 Å². The number of piperazine rings is 1. The second kappa shape index (κ2) is 6.98. The van der Waals surface area contributed by atoms with E-state index in [1.165, 1.54) is 16.4 Å². The number of carbonyl (C=O) groups is 1. The van der Waals surface area contributed by atoms with E-state index in [0.717, 1.165) is 13.1 Å². The predicted octanol–water partition coefficient (Wildman–Crippen LogP) is 1.15. The molecule has 1 aromatic rings. The molecule has 0 aliphatic carbocycles. The second-order valence-electron chi connectivity index (χ2n) is 6.19. The molecule has 0 radical (unpaired) electrons. The molecule has 1 saturated heterocycles. The summed E-state index contributed by atoms with van der Waals surface area (Å²) in [6.45, 7) is 7.74. The van der Waals surface area contributed by atoms with E-state index in [1.54, 1.807) is 24.1 Å². The normalized spacial score (nSPS) is 19.4. The minimum absolute atomic E-state index is 0.0925. The summed E-state index contributed by atoms with van der Waals surface area (Å²) in [7, 11) is -2.04. The fraction of sp³-hybridized carbons (Fsp3) is 0.562. The largest absolute Gasteiger partial charge is 0.333 e. The molecule has 0 spiro atoms. The molecule has 1 fully saturated rings. The molecule has 0 saturated carbocycles. The van der Waals surface area contributed by atoms with Crippen molar-refractivity contribution in [2.75, 3.05) is 26.7 Å². The molecular formula is C16H25N3O3S.